The molecule has 0 aliphatic rings. The van der Waals surface area contributed by atoms with E-state index in [1.807, 2.05) is 0 Å². The molecule has 3 N–H and O–H groups in total. The Kier molecular flexibility index (Phi) is 3.95. The summed E-state index contributed by atoms with van der Waals surface area (Å²) < 4.78 is 5.11. The van der Waals surface area contributed by atoms with Crippen molar-refractivity contribution in [3.8, 4) is 0 Å². The first-order chi connectivity index (χ1) is 6.59. The Hall–Kier alpha value is -0.550. The molecule has 0 unspecified atom stereocenters. The van der Waals surface area contributed by atoms with Gasteiger partial charge in [0.1, 0.15) is 5.76 Å². The Morgan fingerprint density at radius 3 is 2.50 bits per heavy atom. The van der Waals surface area contributed by atoms with Crippen LogP contribution in [0.2, 0.25) is 5.22 Å². The highest BCUT2D eigenvalue weighted by Crippen LogP contribution is 2.13. The van der Waals surface area contributed by atoms with Crippen LogP contribution < -0.4 is 5.32 Å². The van der Waals surface area contributed by atoms with Gasteiger partial charge in [-0.2, -0.15) is 0 Å². The van der Waals surface area contributed by atoms with Gasteiger partial charge in [-0.25, -0.2) is 0 Å². The average Bonchev–Trinajstić information content (AvgIpc) is 2.61. The molecule has 0 radical (unpaired) electrons. The molecule has 1 heterocycles. The first-order valence-corrected chi connectivity index (χ1v) is 4.68. The first-order valence-electron chi connectivity index (χ1n) is 4.30. The molecule has 0 aliphatic heterocycles. The number of furan rings is 1. The zero-order valence-electron chi connectivity index (χ0n) is 7.96. The van der Waals surface area contributed by atoms with Gasteiger partial charge in [0.2, 0.25) is 0 Å². The van der Waals surface area contributed by atoms with Crippen molar-refractivity contribution in [1.82, 2.24) is 5.32 Å². The SMILES string of the molecule is CC(CO)(CO)NCc1ccc(Cl)o1. The van der Waals surface area contributed by atoms with Crippen LogP contribution in [-0.2, 0) is 6.54 Å². The maximum atomic E-state index is 8.99. The van der Waals surface area contributed by atoms with Gasteiger partial charge in [-0.1, -0.05) is 0 Å². The highest BCUT2D eigenvalue weighted by molar-refractivity contribution is 6.28. The van der Waals surface area contributed by atoms with Crippen LogP contribution in [0.25, 0.3) is 0 Å². The van der Waals surface area contributed by atoms with Crippen LogP contribution in [0.3, 0.4) is 0 Å². The van der Waals surface area contributed by atoms with Crippen LogP contribution in [0, 0.1) is 0 Å². The second kappa shape index (κ2) is 4.79. The summed E-state index contributed by atoms with van der Waals surface area (Å²) in [7, 11) is 0. The summed E-state index contributed by atoms with van der Waals surface area (Å²) in [5.74, 6) is 0.670. The summed E-state index contributed by atoms with van der Waals surface area (Å²) in [6.07, 6.45) is 0. The molecular formula is C9H14ClNO3. The molecule has 0 atom stereocenters. The van der Waals surface area contributed by atoms with Crippen molar-refractivity contribution < 1.29 is 14.6 Å². The van der Waals surface area contributed by atoms with Gasteiger partial charge in [0.05, 0.1) is 25.3 Å². The molecule has 0 saturated heterocycles. The largest absolute Gasteiger partial charge is 0.448 e. The molecule has 0 aliphatic carbocycles. The highest BCUT2D eigenvalue weighted by Gasteiger charge is 2.21. The fourth-order valence-electron chi connectivity index (χ4n) is 0.909. The van der Waals surface area contributed by atoms with Gasteiger partial charge in [-0.3, -0.25) is 0 Å². The van der Waals surface area contributed by atoms with Crippen LogP contribution in [0.4, 0.5) is 0 Å². The predicted molar refractivity (Wildman–Crippen MR) is 53.1 cm³/mol. The van der Waals surface area contributed by atoms with E-state index in [0.29, 0.717) is 17.5 Å². The van der Waals surface area contributed by atoms with Crippen molar-refractivity contribution in [3.63, 3.8) is 0 Å². The van der Waals surface area contributed by atoms with Gasteiger partial charge < -0.3 is 19.9 Å². The number of halogens is 1. The molecule has 0 amide bonds. The summed E-state index contributed by atoms with van der Waals surface area (Å²) in [5.41, 5.74) is -0.695. The number of hydrogen-bond acceptors (Lipinski definition) is 4. The zero-order chi connectivity index (χ0) is 10.6. The van der Waals surface area contributed by atoms with Gasteiger partial charge in [0.15, 0.2) is 5.22 Å². The smallest absolute Gasteiger partial charge is 0.193 e. The van der Waals surface area contributed by atoms with Crippen molar-refractivity contribution in [2.24, 2.45) is 0 Å². The first kappa shape index (κ1) is 11.5. The second-order valence-electron chi connectivity index (χ2n) is 3.44. The lowest BCUT2D eigenvalue weighted by molar-refractivity contribution is 0.101. The normalized spacial score (nSPS) is 12.0. The maximum Gasteiger partial charge on any atom is 0.193 e. The molecule has 1 aromatic heterocycles. The Morgan fingerprint density at radius 1 is 1.43 bits per heavy atom. The van der Waals surface area contributed by atoms with Gasteiger partial charge in [0, 0.05) is 0 Å². The van der Waals surface area contributed by atoms with E-state index in [0.717, 1.165) is 0 Å². The third-order valence-corrected chi connectivity index (χ3v) is 2.22. The zero-order valence-corrected chi connectivity index (χ0v) is 8.71. The molecule has 80 valence electrons. The summed E-state index contributed by atoms with van der Waals surface area (Å²) in [5, 5.41) is 21.3. The molecule has 0 bridgehead atoms. The number of hydrogen-bond donors (Lipinski definition) is 3. The highest BCUT2D eigenvalue weighted by atomic mass is 35.5. The topological polar surface area (TPSA) is 65.6 Å². The third kappa shape index (κ3) is 2.99. The second-order valence-corrected chi connectivity index (χ2v) is 3.81. The van der Waals surface area contributed by atoms with E-state index in [9.17, 15) is 0 Å². The molecule has 4 nitrogen and oxygen atoms in total. The van der Waals surface area contributed by atoms with Crippen LogP contribution in [0.15, 0.2) is 16.5 Å². The van der Waals surface area contributed by atoms with Gasteiger partial charge in [-0.15, -0.1) is 0 Å². The Morgan fingerprint density at radius 2 is 2.07 bits per heavy atom. The molecule has 0 fully saturated rings. The third-order valence-electron chi connectivity index (χ3n) is 2.02. The Labute approximate surface area is 87.5 Å². The molecule has 5 heteroatoms. The van der Waals surface area contributed by atoms with Crippen LogP contribution in [0.1, 0.15) is 12.7 Å². The molecule has 14 heavy (non-hydrogen) atoms. The fraction of sp³-hybridized carbons (Fsp3) is 0.556. The average molecular weight is 220 g/mol. The predicted octanol–water partition coefficient (Wildman–Crippen LogP) is 0.766. The number of rotatable bonds is 5. The van der Waals surface area contributed by atoms with Gasteiger partial charge >= 0.3 is 0 Å². The minimum atomic E-state index is -0.695. The van der Waals surface area contributed by atoms with E-state index in [4.69, 9.17) is 26.2 Å². The van der Waals surface area contributed by atoms with E-state index >= 15 is 0 Å². The minimum Gasteiger partial charge on any atom is -0.448 e. The van der Waals surface area contributed by atoms with E-state index in [-0.39, 0.29) is 13.2 Å². The number of aliphatic hydroxyl groups is 2. The Bertz CT molecular complexity index is 283. The molecule has 1 aromatic rings. The maximum absolute atomic E-state index is 8.99. The van der Waals surface area contributed by atoms with Crippen molar-refractivity contribution >= 4 is 11.6 Å². The van der Waals surface area contributed by atoms with E-state index in [1.54, 1.807) is 19.1 Å². The van der Waals surface area contributed by atoms with E-state index in [1.165, 1.54) is 0 Å². The van der Waals surface area contributed by atoms with Gasteiger partial charge in [0.25, 0.3) is 0 Å². The number of nitrogens with one attached hydrogen (secondary N) is 1. The molecule has 0 aromatic carbocycles. The van der Waals surface area contributed by atoms with Crippen molar-refractivity contribution in [2.75, 3.05) is 13.2 Å². The van der Waals surface area contributed by atoms with Crippen molar-refractivity contribution in [1.29, 1.82) is 0 Å². The number of aliphatic hydroxyl groups excluding tert-OH is 2. The summed E-state index contributed by atoms with van der Waals surface area (Å²) in [6, 6.07) is 3.39. The molecule has 0 spiro atoms. The lowest BCUT2D eigenvalue weighted by Gasteiger charge is -2.25. The summed E-state index contributed by atoms with van der Waals surface area (Å²) >= 11 is 5.58. The van der Waals surface area contributed by atoms with E-state index < -0.39 is 5.54 Å². The summed E-state index contributed by atoms with van der Waals surface area (Å²) in [6.45, 7) is 1.86. The molecule has 1 rings (SSSR count). The van der Waals surface area contributed by atoms with Crippen molar-refractivity contribution in [2.45, 2.75) is 19.0 Å². The Balaban J connectivity index is 2.47. The van der Waals surface area contributed by atoms with E-state index in [2.05, 4.69) is 5.32 Å². The monoisotopic (exact) mass is 219 g/mol. The fourth-order valence-corrected chi connectivity index (χ4v) is 1.07. The summed E-state index contributed by atoms with van der Waals surface area (Å²) in [4.78, 5) is 0. The standard InChI is InChI=1S/C9H14ClNO3/c1-9(5-12,6-13)11-4-7-2-3-8(10)14-7/h2-3,11-13H,4-6H2,1H3. The van der Waals surface area contributed by atoms with Crippen molar-refractivity contribution in [3.05, 3.63) is 23.1 Å². The minimum absolute atomic E-state index is 0.141. The lowest BCUT2D eigenvalue weighted by atomic mass is 10.1. The van der Waals surface area contributed by atoms with Crippen LogP contribution >= 0.6 is 11.6 Å². The van der Waals surface area contributed by atoms with Crippen LogP contribution in [0.5, 0.6) is 0 Å². The van der Waals surface area contributed by atoms with Crippen LogP contribution in [-0.4, -0.2) is 29.0 Å². The molecular weight excluding hydrogens is 206 g/mol. The quantitative estimate of drug-likeness (QED) is 0.685. The lowest BCUT2D eigenvalue weighted by Crippen LogP contribution is -2.48. The van der Waals surface area contributed by atoms with Gasteiger partial charge in [-0.05, 0) is 30.7 Å². The molecule has 0 saturated carbocycles.